The van der Waals surface area contributed by atoms with E-state index in [-0.39, 0.29) is 10.2 Å². The molecule has 4 nitrogen and oxygen atoms in total. The average molecular weight is 218 g/mol. The number of aromatic nitrogens is 1. The highest BCUT2D eigenvalue weighted by atomic mass is 79.9. The van der Waals surface area contributed by atoms with E-state index in [1.54, 1.807) is 0 Å². The van der Waals surface area contributed by atoms with Crippen molar-refractivity contribution >= 4 is 21.9 Å². The van der Waals surface area contributed by atoms with Crippen LogP contribution in [0, 0.1) is 5.21 Å². The van der Waals surface area contributed by atoms with Crippen molar-refractivity contribution in [2.75, 3.05) is 0 Å². The average Bonchev–Trinajstić information content (AvgIpc) is 1.94. The Morgan fingerprint density at radius 1 is 1.73 bits per heavy atom. The van der Waals surface area contributed by atoms with Gasteiger partial charge in [-0.05, 0) is 0 Å². The van der Waals surface area contributed by atoms with Crippen LogP contribution in [0.15, 0.2) is 22.9 Å². The molecule has 0 aliphatic heterocycles. The summed E-state index contributed by atoms with van der Waals surface area (Å²) in [4.78, 5) is 10.3. The Bertz CT molecular complexity index is 300. The van der Waals surface area contributed by atoms with Crippen molar-refractivity contribution in [3.63, 3.8) is 0 Å². The molecular weight excluding hydrogens is 214 g/mol. The van der Waals surface area contributed by atoms with Gasteiger partial charge < -0.3 is 10.3 Å². The van der Waals surface area contributed by atoms with Crippen molar-refractivity contribution in [2.24, 2.45) is 0 Å². The third kappa shape index (κ3) is 1.68. The number of aromatic carboxylic acids is 1. The first-order chi connectivity index (χ1) is 5.11. The van der Waals surface area contributed by atoms with E-state index in [9.17, 15) is 10.0 Å². The van der Waals surface area contributed by atoms with Crippen molar-refractivity contribution in [2.45, 2.75) is 0 Å². The standard InChI is InChI=1S/C6H4BrNO3/c7-5-3-4(6(9)10)1-2-8(5)11/h1-3H,(H,9,10). The van der Waals surface area contributed by atoms with Crippen LogP contribution in [0.1, 0.15) is 10.4 Å². The van der Waals surface area contributed by atoms with Crippen LogP contribution in [0.2, 0.25) is 0 Å². The van der Waals surface area contributed by atoms with Gasteiger partial charge in [0.15, 0.2) is 6.20 Å². The number of halogens is 1. The van der Waals surface area contributed by atoms with Crippen LogP contribution in [-0.4, -0.2) is 11.1 Å². The lowest BCUT2D eigenvalue weighted by molar-refractivity contribution is -0.617. The van der Waals surface area contributed by atoms with Crippen molar-refractivity contribution in [1.29, 1.82) is 0 Å². The van der Waals surface area contributed by atoms with Gasteiger partial charge in [0.25, 0.3) is 4.60 Å². The van der Waals surface area contributed by atoms with Crippen molar-refractivity contribution in [3.8, 4) is 0 Å². The van der Waals surface area contributed by atoms with Crippen molar-refractivity contribution in [1.82, 2.24) is 0 Å². The van der Waals surface area contributed by atoms with Crippen LogP contribution in [0.5, 0.6) is 0 Å². The predicted molar refractivity (Wildman–Crippen MR) is 40.1 cm³/mol. The first kappa shape index (κ1) is 8.00. The van der Waals surface area contributed by atoms with Gasteiger partial charge in [-0.3, -0.25) is 0 Å². The Kier molecular flexibility index (Phi) is 2.09. The quantitative estimate of drug-likeness (QED) is 0.430. The zero-order valence-corrected chi connectivity index (χ0v) is 6.91. The monoisotopic (exact) mass is 217 g/mol. The fourth-order valence-electron chi connectivity index (χ4n) is 0.592. The highest BCUT2D eigenvalue weighted by Crippen LogP contribution is 2.05. The summed E-state index contributed by atoms with van der Waals surface area (Å²) in [6, 6.07) is 2.48. The Morgan fingerprint density at radius 2 is 2.36 bits per heavy atom. The summed E-state index contributed by atoms with van der Waals surface area (Å²) in [6.45, 7) is 0. The molecular formula is C6H4BrNO3. The molecule has 1 aromatic heterocycles. The zero-order valence-electron chi connectivity index (χ0n) is 5.32. The van der Waals surface area contributed by atoms with Crippen LogP contribution >= 0.6 is 15.9 Å². The lowest BCUT2D eigenvalue weighted by Gasteiger charge is -1.97. The molecule has 5 heteroatoms. The van der Waals surface area contributed by atoms with Gasteiger partial charge in [0.1, 0.15) is 0 Å². The van der Waals surface area contributed by atoms with Gasteiger partial charge in [-0.15, -0.1) is 0 Å². The lowest BCUT2D eigenvalue weighted by atomic mass is 10.3. The molecule has 1 aromatic rings. The first-order valence-corrected chi connectivity index (χ1v) is 3.52. The van der Waals surface area contributed by atoms with Crippen molar-refractivity contribution in [3.05, 3.63) is 33.7 Å². The molecule has 0 radical (unpaired) electrons. The molecule has 1 heterocycles. The number of rotatable bonds is 1. The molecule has 0 aliphatic carbocycles. The maximum absolute atomic E-state index is 10.7. The highest BCUT2D eigenvalue weighted by molar-refractivity contribution is 9.10. The van der Waals surface area contributed by atoms with Crippen molar-refractivity contribution < 1.29 is 14.6 Å². The van der Waals surface area contributed by atoms with Gasteiger partial charge in [0, 0.05) is 28.1 Å². The number of nitrogens with zero attached hydrogens (tertiary/aromatic N) is 1. The van der Waals surface area contributed by atoms with Gasteiger partial charge in [-0.1, -0.05) is 0 Å². The van der Waals surface area contributed by atoms with E-state index in [4.69, 9.17) is 5.11 Å². The highest BCUT2D eigenvalue weighted by Gasteiger charge is 2.07. The van der Waals surface area contributed by atoms with Crippen LogP contribution in [0.25, 0.3) is 0 Å². The molecule has 11 heavy (non-hydrogen) atoms. The van der Waals surface area contributed by atoms with Gasteiger partial charge in [0.05, 0.1) is 5.56 Å². The number of carboxylic acids is 1. The lowest BCUT2D eigenvalue weighted by Crippen LogP contribution is -2.27. The SMILES string of the molecule is O=C(O)c1cc[n+]([O-])c(Br)c1. The van der Waals surface area contributed by atoms with E-state index in [0.717, 1.165) is 6.20 Å². The summed E-state index contributed by atoms with van der Waals surface area (Å²) in [6.07, 6.45) is 1.13. The van der Waals surface area contributed by atoms with E-state index in [2.05, 4.69) is 15.9 Å². The minimum Gasteiger partial charge on any atom is -0.618 e. The summed E-state index contributed by atoms with van der Waals surface area (Å²) in [7, 11) is 0. The van der Waals surface area contributed by atoms with Gasteiger partial charge in [-0.2, -0.15) is 4.73 Å². The third-order valence-electron chi connectivity index (χ3n) is 1.12. The number of carbonyl (C=O) groups is 1. The molecule has 0 aromatic carbocycles. The molecule has 1 N–H and O–H groups in total. The smallest absolute Gasteiger partial charge is 0.336 e. The third-order valence-corrected chi connectivity index (χ3v) is 1.70. The molecule has 0 spiro atoms. The number of hydrogen-bond acceptors (Lipinski definition) is 2. The van der Waals surface area contributed by atoms with E-state index in [1.807, 2.05) is 0 Å². The Morgan fingerprint density at radius 3 is 2.82 bits per heavy atom. The normalized spacial score (nSPS) is 9.55. The van der Waals surface area contributed by atoms with Crippen LogP contribution < -0.4 is 4.73 Å². The fourth-order valence-corrected chi connectivity index (χ4v) is 0.957. The molecule has 0 fully saturated rings. The van der Waals surface area contributed by atoms with Crippen LogP contribution in [0.3, 0.4) is 0 Å². The second-order valence-corrected chi connectivity index (χ2v) is 2.68. The summed E-state index contributed by atoms with van der Waals surface area (Å²) in [5, 5.41) is 19.1. The molecule has 0 atom stereocenters. The van der Waals surface area contributed by atoms with Gasteiger partial charge >= 0.3 is 5.97 Å². The van der Waals surface area contributed by atoms with E-state index >= 15 is 0 Å². The zero-order chi connectivity index (χ0) is 8.43. The summed E-state index contributed by atoms with van der Waals surface area (Å²) < 4.78 is 0.726. The Balaban J connectivity index is 3.15. The second kappa shape index (κ2) is 2.87. The summed E-state index contributed by atoms with van der Waals surface area (Å²) >= 11 is 2.90. The maximum atomic E-state index is 10.7. The topological polar surface area (TPSA) is 64.2 Å². The molecule has 0 bridgehead atoms. The first-order valence-electron chi connectivity index (χ1n) is 2.73. The molecule has 0 saturated heterocycles. The minimum atomic E-state index is -1.05. The second-order valence-electron chi connectivity index (χ2n) is 1.87. The molecule has 58 valence electrons. The van der Waals surface area contributed by atoms with Crippen LogP contribution in [-0.2, 0) is 0 Å². The maximum Gasteiger partial charge on any atom is 0.336 e. The molecule has 0 unspecified atom stereocenters. The number of carboxylic acid groups (broad SMARTS) is 1. The summed E-state index contributed by atoms with van der Waals surface area (Å²) in [5.41, 5.74) is 0.0870. The summed E-state index contributed by atoms with van der Waals surface area (Å²) in [5.74, 6) is -1.05. The Labute approximate surface area is 70.8 Å². The van der Waals surface area contributed by atoms with E-state index < -0.39 is 5.97 Å². The van der Waals surface area contributed by atoms with Gasteiger partial charge in [0.2, 0.25) is 0 Å². The van der Waals surface area contributed by atoms with E-state index in [1.165, 1.54) is 12.1 Å². The Hall–Kier alpha value is -1.10. The fraction of sp³-hybridized carbons (Fsp3) is 0. The number of hydrogen-bond donors (Lipinski definition) is 1. The molecule has 1 rings (SSSR count). The predicted octanol–water partition coefficient (Wildman–Crippen LogP) is 0.781. The molecule has 0 aliphatic rings. The molecule has 0 amide bonds. The number of pyridine rings is 1. The largest absolute Gasteiger partial charge is 0.618 e. The van der Waals surface area contributed by atoms with Gasteiger partial charge in [-0.25, -0.2) is 4.79 Å². The minimum absolute atomic E-state index is 0.0870. The van der Waals surface area contributed by atoms with Crippen LogP contribution in [0.4, 0.5) is 0 Å². The van der Waals surface area contributed by atoms with E-state index in [0.29, 0.717) is 4.73 Å². The molecule has 0 saturated carbocycles.